The molecule has 4 rings (SSSR count). The van der Waals surface area contributed by atoms with E-state index in [9.17, 15) is 14.0 Å². The van der Waals surface area contributed by atoms with Crippen LogP contribution in [0.15, 0.2) is 42.5 Å². The van der Waals surface area contributed by atoms with Gasteiger partial charge in [0.05, 0.1) is 0 Å². The third-order valence-electron chi connectivity index (χ3n) is 5.38. The highest BCUT2D eigenvalue weighted by atomic mass is 19.1. The molecule has 2 amide bonds. The topological polar surface area (TPSA) is 67.9 Å². The highest BCUT2D eigenvalue weighted by Gasteiger charge is 2.36. The number of fused-ring (bicyclic) bond motifs is 1. The molecule has 1 aliphatic heterocycles. The summed E-state index contributed by atoms with van der Waals surface area (Å²) in [6.07, 6.45) is 9.15. The fraction of sp³-hybridized carbons (Fsp3) is 0.304. The third-order valence-corrected chi connectivity index (χ3v) is 5.38. The molecule has 1 N–H and O–H groups in total. The smallest absolute Gasteiger partial charge is 0.303 e. The normalized spacial score (nSPS) is 16.0. The molecule has 0 bridgehead atoms. The molecule has 1 fully saturated rings. The number of carbonyl (C=O) groups excluding carboxylic acids is 2. The van der Waals surface area contributed by atoms with E-state index in [2.05, 4.69) is 11.2 Å². The SMILES string of the molecule is C#CC(=O)N(c1ccc2c(c1)OCO2)C(C(=O)NC1CCCC1)c1ccccc1F. The van der Waals surface area contributed by atoms with Crippen LogP contribution in [0.25, 0.3) is 0 Å². The molecule has 0 spiro atoms. The van der Waals surface area contributed by atoms with Crippen LogP contribution in [-0.2, 0) is 9.59 Å². The first-order chi connectivity index (χ1) is 14.6. The van der Waals surface area contributed by atoms with E-state index in [-0.39, 0.29) is 18.4 Å². The second kappa shape index (κ2) is 8.46. The lowest BCUT2D eigenvalue weighted by Crippen LogP contribution is -2.46. The van der Waals surface area contributed by atoms with Crippen LogP contribution >= 0.6 is 0 Å². The summed E-state index contributed by atoms with van der Waals surface area (Å²) >= 11 is 0. The number of hydrogen-bond donors (Lipinski definition) is 1. The van der Waals surface area contributed by atoms with Crippen LogP contribution in [0, 0.1) is 18.2 Å². The van der Waals surface area contributed by atoms with Gasteiger partial charge in [-0.3, -0.25) is 14.5 Å². The highest BCUT2D eigenvalue weighted by Crippen LogP contribution is 2.38. The first-order valence-corrected chi connectivity index (χ1v) is 9.82. The number of nitrogens with zero attached hydrogens (tertiary/aromatic N) is 1. The zero-order valence-electron chi connectivity index (χ0n) is 16.3. The predicted molar refractivity (Wildman–Crippen MR) is 108 cm³/mol. The Morgan fingerprint density at radius 1 is 1.13 bits per heavy atom. The molecule has 6 nitrogen and oxygen atoms in total. The van der Waals surface area contributed by atoms with Gasteiger partial charge in [-0.25, -0.2) is 4.39 Å². The van der Waals surface area contributed by atoms with Crippen molar-refractivity contribution in [3.05, 3.63) is 53.8 Å². The van der Waals surface area contributed by atoms with Gasteiger partial charge < -0.3 is 14.8 Å². The van der Waals surface area contributed by atoms with Gasteiger partial charge in [0, 0.05) is 23.4 Å². The van der Waals surface area contributed by atoms with Crippen molar-refractivity contribution in [2.75, 3.05) is 11.7 Å². The first kappa shape index (κ1) is 19.8. The van der Waals surface area contributed by atoms with Crippen molar-refractivity contribution < 1.29 is 23.5 Å². The molecule has 0 saturated heterocycles. The summed E-state index contributed by atoms with van der Waals surface area (Å²) in [4.78, 5) is 27.2. The maximum Gasteiger partial charge on any atom is 0.303 e. The summed E-state index contributed by atoms with van der Waals surface area (Å²) < 4.78 is 25.5. The van der Waals surface area contributed by atoms with E-state index in [4.69, 9.17) is 15.9 Å². The molecule has 2 aromatic rings. The molecule has 1 saturated carbocycles. The monoisotopic (exact) mass is 408 g/mol. The van der Waals surface area contributed by atoms with Gasteiger partial charge in [0.25, 0.3) is 0 Å². The Balaban J connectivity index is 1.78. The van der Waals surface area contributed by atoms with Crippen molar-refractivity contribution >= 4 is 17.5 Å². The molecule has 154 valence electrons. The fourth-order valence-electron chi connectivity index (χ4n) is 3.93. The van der Waals surface area contributed by atoms with Gasteiger partial charge in [0.1, 0.15) is 11.9 Å². The molecule has 1 atom stereocenters. The fourth-order valence-corrected chi connectivity index (χ4v) is 3.93. The molecule has 7 heteroatoms. The Labute approximate surface area is 174 Å². The number of hydrogen-bond acceptors (Lipinski definition) is 4. The minimum Gasteiger partial charge on any atom is -0.454 e. The predicted octanol–water partition coefficient (Wildman–Crippen LogP) is 3.32. The van der Waals surface area contributed by atoms with Crippen LogP contribution in [0.1, 0.15) is 37.3 Å². The van der Waals surface area contributed by atoms with Gasteiger partial charge in [-0.05, 0) is 37.0 Å². The van der Waals surface area contributed by atoms with Gasteiger partial charge in [0.2, 0.25) is 12.7 Å². The number of benzene rings is 2. The van der Waals surface area contributed by atoms with E-state index < -0.39 is 23.7 Å². The molecule has 2 aliphatic rings. The van der Waals surface area contributed by atoms with Gasteiger partial charge in [-0.2, -0.15) is 0 Å². The molecule has 1 aliphatic carbocycles. The maximum atomic E-state index is 14.8. The van der Waals surface area contributed by atoms with Crippen LogP contribution in [0.5, 0.6) is 11.5 Å². The van der Waals surface area contributed by atoms with Crippen molar-refractivity contribution in [2.24, 2.45) is 0 Å². The van der Waals surface area contributed by atoms with Crippen molar-refractivity contribution in [2.45, 2.75) is 37.8 Å². The van der Waals surface area contributed by atoms with E-state index in [1.54, 1.807) is 24.3 Å². The van der Waals surface area contributed by atoms with Crippen LogP contribution < -0.4 is 19.7 Å². The Bertz CT molecular complexity index is 1010. The number of carbonyl (C=O) groups is 2. The summed E-state index contributed by atoms with van der Waals surface area (Å²) in [5, 5.41) is 2.96. The summed E-state index contributed by atoms with van der Waals surface area (Å²) in [5.41, 5.74) is 0.381. The van der Waals surface area contributed by atoms with E-state index in [1.165, 1.54) is 18.2 Å². The van der Waals surface area contributed by atoms with Crippen LogP contribution in [0.2, 0.25) is 0 Å². The number of halogens is 1. The lowest BCUT2D eigenvalue weighted by atomic mass is 10.0. The van der Waals surface area contributed by atoms with Gasteiger partial charge in [0.15, 0.2) is 11.5 Å². The molecule has 2 aromatic carbocycles. The summed E-state index contributed by atoms with van der Waals surface area (Å²) in [7, 11) is 0. The quantitative estimate of drug-likeness (QED) is 0.771. The van der Waals surface area contributed by atoms with Crippen LogP contribution in [0.3, 0.4) is 0 Å². The molecule has 30 heavy (non-hydrogen) atoms. The minimum atomic E-state index is -1.27. The number of ether oxygens (including phenoxy) is 2. The molecule has 1 unspecified atom stereocenters. The average Bonchev–Trinajstić information content (AvgIpc) is 3.43. The van der Waals surface area contributed by atoms with E-state index >= 15 is 0 Å². The number of amides is 2. The van der Waals surface area contributed by atoms with Crippen LogP contribution in [-0.4, -0.2) is 24.6 Å². The second-order valence-electron chi connectivity index (χ2n) is 7.27. The Kier molecular flexibility index (Phi) is 5.57. The second-order valence-corrected chi connectivity index (χ2v) is 7.27. The summed E-state index contributed by atoms with van der Waals surface area (Å²) in [5.74, 6) is 1.17. The van der Waals surface area contributed by atoms with E-state index in [1.807, 2.05) is 0 Å². The number of anilines is 1. The summed E-state index contributed by atoms with van der Waals surface area (Å²) in [6.45, 7) is 0.0563. The zero-order valence-corrected chi connectivity index (χ0v) is 16.3. The van der Waals surface area contributed by atoms with Gasteiger partial charge in [-0.1, -0.05) is 31.0 Å². The molecular weight excluding hydrogens is 387 g/mol. The lowest BCUT2D eigenvalue weighted by Gasteiger charge is -2.31. The highest BCUT2D eigenvalue weighted by molar-refractivity contribution is 6.09. The molecular formula is C23H21FN2O4. The standard InChI is InChI=1S/C23H21FN2O4/c1-2-21(27)26(16-11-12-19-20(13-16)30-14-29-19)22(17-9-5-6-10-18(17)24)23(28)25-15-7-3-4-8-15/h1,5-6,9-13,15,22H,3-4,7-8,14H2,(H,25,28). The van der Waals surface area contributed by atoms with Gasteiger partial charge in [-0.15, -0.1) is 6.42 Å². The third kappa shape index (κ3) is 3.81. The van der Waals surface area contributed by atoms with Crippen molar-refractivity contribution in [1.82, 2.24) is 5.32 Å². The number of terminal acetylenes is 1. The maximum absolute atomic E-state index is 14.8. The first-order valence-electron chi connectivity index (χ1n) is 9.82. The number of nitrogens with one attached hydrogen (secondary N) is 1. The largest absolute Gasteiger partial charge is 0.454 e. The van der Waals surface area contributed by atoms with Crippen molar-refractivity contribution in [3.63, 3.8) is 0 Å². The summed E-state index contributed by atoms with van der Waals surface area (Å²) in [6, 6.07) is 9.39. The van der Waals surface area contributed by atoms with Crippen molar-refractivity contribution in [1.29, 1.82) is 0 Å². The Morgan fingerprint density at radius 3 is 2.60 bits per heavy atom. The van der Waals surface area contributed by atoms with Crippen molar-refractivity contribution in [3.8, 4) is 23.8 Å². The minimum absolute atomic E-state index is 0.00804. The van der Waals surface area contributed by atoms with E-state index in [0.29, 0.717) is 17.2 Å². The van der Waals surface area contributed by atoms with Crippen LogP contribution in [0.4, 0.5) is 10.1 Å². The average molecular weight is 408 g/mol. The van der Waals surface area contributed by atoms with Gasteiger partial charge >= 0.3 is 5.91 Å². The zero-order chi connectivity index (χ0) is 21.1. The molecule has 1 heterocycles. The lowest BCUT2D eigenvalue weighted by molar-refractivity contribution is -0.125. The Morgan fingerprint density at radius 2 is 1.87 bits per heavy atom. The Hall–Kier alpha value is -3.53. The number of rotatable bonds is 5. The molecule has 0 aromatic heterocycles. The van der Waals surface area contributed by atoms with E-state index in [0.717, 1.165) is 30.6 Å². The molecule has 0 radical (unpaired) electrons.